The molecule has 1 rings (SSSR count). The van der Waals surface area contributed by atoms with Crippen LogP contribution >= 0.6 is 0 Å². The molecule has 0 fully saturated rings. The molecule has 0 bridgehead atoms. The number of nitrogens with two attached hydrogens (primary N) is 1. The predicted octanol–water partition coefficient (Wildman–Crippen LogP) is 2.45. The molecular formula is C12H16N2. The molecule has 2 N–H and O–H groups in total. The van der Waals surface area contributed by atoms with E-state index in [1.807, 2.05) is 36.4 Å². The van der Waals surface area contributed by atoms with Gasteiger partial charge in [0.1, 0.15) is 0 Å². The van der Waals surface area contributed by atoms with Crippen molar-refractivity contribution >= 4 is 11.4 Å². The van der Waals surface area contributed by atoms with E-state index in [0.717, 1.165) is 24.5 Å². The summed E-state index contributed by atoms with van der Waals surface area (Å²) in [5, 5.41) is 0. The van der Waals surface area contributed by atoms with Crippen LogP contribution in [0.2, 0.25) is 0 Å². The van der Waals surface area contributed by atoms with Crippen LogP contribution in [0.3, 0.4) is 0 Å². The van der Waals surface area contributed by atoms with Gasteiger partial charge in [-0.05, 0) is 18.2 Å². The maximum Gasteiger partial charge on any atom is 0.0392 e. The Labute approximate surface area is 85.3 Å². The third-order valence-electron chi connectivity index (χ3n) is 1.93. The van der Waals surface area contributed by atoms with Crippen LogP contribution in [0.15, 0.2) is 49.6 Å². The van der Waals surface area contributed by atoms with Crippen molar-refractivity contribution in [2.45, 2.75) is 0 Å². The Morgan fingerprint density at radius 2 is 1.86 bits per heavy atom. The quantitative estimate of drug-likeness (QED) is 0.568. The predicted molar refractivity (Wildman–Crippen MR) is 63.5 cm³/mol. The molecule has 0 aromatic heterocycles. The standard InChI is InChI=1S/C12H16N2/c1-3-8-14(9-4-2)12-7-5-6-11(13)10-12/h3-7,10H,1-2,8-9,13H2. The molecule has 0 radical (unpaired) electrons. The first-order valence-electron chi connectivity index (χ1n) is 4.60. The minimum atomic E-state index is 0.778. The lowest BCUT2D eigenvalue weighted by atomic mass is 10.2. The molecule has 0 aliphatic rings. The van der Waals surface area contributed by atoms with E-state index in [4.69, 9.17) is 5.73 Å². The molecular weight excluding hydrogens is 172 g/mol. The van der Waals surface area contributed by atoms with Crippen molar-refractivity contribution in [2.75, 3.05) is 23.7 Å². The van der Waals surface area contributed by atoms with Crippen molar-refractivity contribution in [2.24, 2.45) is 0 Å². The van der Waals surface area contributed by atoms with Crippen LogP contribution < -0.4 is 10.6 Å². The molecule has 1 aromatic carbocycles. The van der Waals surface area contributed by atoms with E-state index >= 15 is 0 Å². The lowest BCUT2D eigenvalue weighted by Crippen LogP contribution is -2.22. The minimum absolute atomic E-state index is 0.778. The van der Waals surface area contributed by atoms with E-state index in [1.165, 1.54) is 0 Å². The fourth-order valence-electron chi connectivity index (χ4n) is 1.32. The number of benzene rings is 1. The van der Waals surface area contributed by atoms with Gasteiger partial charge in [-0.2, -0.15) is 0 Å². The number of hydrogen-bond donors (Lipinski definition) is 1. The van der Waals surface area contributed by atoms with E-state index in [9.17, 15) is 0 Å². The largest absolute Gasteiger partial charge is 0.399 e. The van der Waals surface area contributed by atoms with E-state index in [1.54, 1.807) is 0 Å². The average Bonchev–Trinajstić information content (AvgIpc) is 2.17. The van der Waals surface area contributed by atoms with Crippen LogP contribution in [0.25, 0.3) is 0 Å². The summed E-state index contributed by atoms with van der Waals surface area (Å²) in [6.45, 7) is 9.05. The molecule has 74 valence electrons. The molecule has 0 amide bonds. The molecule has 2 nitrogen and oxygen atoms in total. The summed E-state index contributed by atoms with van der Waals surface area (Å²) in [5.74, 6) is 0. The van der Waals surface area contributed by atoms with Crippen LogP contribution in [-0.4, -0.2) is 13.1 Å². The van der Waals surface area contributed by atoms with E-state index in [-0.39, 0.29) is 0 Å². The summed E-state index contributed by atoms with van der Waals surface area (Å²) in [6.07, 6.45) is 3.74. The van der Waals surface area contributed by atoms with Crippen molar-refractivity contribution in [1.29, 1.82) is 0 Å². The second-order valence-electron chi connectivity index (χ2n) is 3.08. The van der Waals surface area contributed by atoms with Gasteiger partial charge in [0.25, 0.3) is 0 Å². The summed E-state index contributed by atoms with van der Waals surface area (Å²) in [7, 11) is 0. The first-order chi connectivity index (χ1) is 6.77. The van der Waals surface area contributed by atoms with Gasteiger partial charge in [0, 0.05) is 24.5 Å². The van der Waals surface area contributed by atoms with Crippen LogP contribution in [0, 0.1) is 0 Å². The van der Waals surface area contributed by atoms with E-state index in [0.29, 0.717) is 0 Å². The highest BCUT2D eigenvalue weighted by atomic mass is 15.1. The molecule has 14 heavy (non-hydrogen) atoms. The highest BCUT2D eigenvalue weighted by Crippen LogP contribution is 2.17. The Hall–Kier alpha value is -1.70. The lowest BCUT2D eigenvalue weighted by molar-refractivity contribution is 0.957. The molecule has 0 atom stereocenters. The SMILES string of the molecule is C=CCN(CC=C)c1cccc(N)c1. The van der Waals surface area contributed by atoms with Crippen molar-refractivity contribution < 1.29 is 0 Å². The zero-order chi connectivity index (χ0) is 10.4. The summed E-state index contributed by atoms with van der Waals surface area (Å²) in [4.78, 5) is 2.15. The maximum absolute atomic E-state index is 5.71. The highest BCUT2D eigenvalue weighted by Gasteiger charge is 2.01. The van der Waals surface area contributed by atoms with Crippen LogP contribution in [0.1, 0.15) is 0 Å². The highest BCUT2D eigenvalue weighted by molar-refractivity contribution is 5.56. The van der Waals surface area contributed by atoms with Gasteiger partial charge in [0.05, 0.1) is 0 Å². The van der Waals surface area contributed by atoms with Gasteiger partial charge in [-0.15, -0.1) is 13.2 Å². The van der Waals surface area contributed by atoms with Gasteiger partial charge in [-0.25, -0.2) is 0 Å². The third-order valence-corrected chi connectivity index (χ3v) is 1.93. The molecule has 0 aliphatic heterocycles. The van der Waals surface area contributed by atoms with Gasteiger partial charge >= 0.3 is 0 Å². The summed E-state index contributed by atoms with van der Waals surface area (Å²) < 4.78 is 0. The lowest BCUT2D eigenvalue weighted by Gasteiger charge is -2.21. The number of nitrogens with zero attached hydrogens (tertiary/aromatic N) is 1. The average molecular weight is 188 g/mol. The number of anilines is 2. The van der Waals surface area contributed by atoms with E-state index in [2.05, 4.69) is 18.1 Å². The molecule has 0 heterocycles. The fraction of sp³-hybridized carbons (Fsp3) is 0.167. The van der Waals surface area contributed by atoms with Crippen LogP contribution in [0.4, 0.5) is 11.4 Å². The second-order valence-corrected chi connectivity index (χ2v) is 3.08. The molecule has 1 aromatic rings. The van der Waals surface area contributed by atoms with Gasteiger partial charge < -0.3 is 10.6 Å². The Balaban J connectivity index is 2.85. The van der Waals surface area contributed by atoms with Crippen molar-refractivity contribution in [3.8, 4) is 0 Å². The Bertz CT molecular complexity index is 308. The number of nitrogen functional groups attached to an aromatic ring is 1. The van der Waals surface area contributed by atoms with Crippen LogP contribution in [-0.2, 0) is 0 Å². The molecule has 0 spiro atoms. The van der Waals surface area contributed by atoms with Crippen molar-refractivity contribution in [3.63, 3.8) is 0 Å². The first-order valence-corrected chi connectivity index (χ1v) is 4.60. The molecule has 2 heteroatoms. The number of rotatable bonds is 5. The molecule has 0 saturated heterocycles. The number of hydrogen-bond acceptors (Lipinski definition) is 2. The normalized spacial score (nSPS) is 9.43. The Morgan fingerprint density at radius 1 is 1.21 bits per heavy atom. The van der Waals surface area contributed by atoms with Gasteiger partial charge in [0.15, 0.2) is 0 Å². The molecule has 0 aliphatic carbocycles. The summed E-state index contributed by atoms with van der Waals surface area (Å²) >= 11 is 0. The monoisotopic (exact) mass is 188 g/mol. The van der Waals surface area contributed by atoms with Gasteiger partial charge in [0.2, 0.25) is 0 Å². The first kappa shape index (κ1) is 10.4. The zero-order valence-corrected chi connectivity index (χ0v) is 8.32. The summed E-state index contributed by atoms with van der Waals surface area (Å²) in [5.41, 5.74) is 7.59. The Kier molecular flexibility index (Phi) is 3.80. The van der Waals surface area contributed by atoms with Crippen LogP contribution in [0.5, 0.6) is 0 Å². The third kappa shape index (κ3) is 2.66. The molecule has 0 saturated carbocycles. The van der Waals surface area contributed by atoms with Crippen molar-refractivity contribution in [3.05, 3.63) is 49.6 Å². The molecule has 0 unspecified atom stereocenters. The smallest absolute Gasteiger partial charge is 0.0392 e. The second kappa shape index (κ2) is 5.12. The van der Waals surface area contributed by atoms with Gasteiger partial charge in [-0.1, -0.05) is 18.2 Å². The van der Waals surface area contributed by atoms with Gasteiger partial charge in [-0.3, -0.25) is 0 Å². The minimum Gasteiger partial charge on any atom is -0.399 e. The topological polar surface area (TPSA) is 29.3 Å². The fourth-order valence-corrected chi connectivity index (χ4v) is 1.32. The maximum atomic E-state index is 5.71. The zero-order valence-electron chi connectivity index (χ0n) is 8.32. The van der Waals surface area contributed by atoms with E-state index < -0.39 is 0 Å². The van der Waals surface area contributed by atoms with Crippen molar-refractivity contribution in [1.82, 2.24) is 0 Å². The Morgan fingerprint density at radius 3 is 2.36 bits per heavy atom. The summed E-state index contributed by atoms with van der Waals surface area (Å²) in [6, 6.07) is 7.81.